The topological polar surface area (TPSA) is 26.5 Å². The number of aliphatic hydroxyl groups is 1. The Morgan fingerprint density at radius 1 is 1.12 bits per heavy atom. The zero-order valence-corrected chi connectivity index (χ0v) is 15.0. The molecule has 24 heavy (non-hydrogen) atoms. The Morgan fingerprint density at radius 3 is 2.67 bits per heavy atom. The molecule has 124 valence electrons. The molecule has 0 aromatic heterocycles. The number of β-amino-alcohol motifs (C(OH)–C–C–N with tert-alkyl or cyclic N) is 1. The predicted molar refractivity (Wildman–Crippen MR) is 101 cm³/mol. The van der Waals surface area contributed by atoms with E-state index in [1.54, 1.807) is 0 Å². The highest BCUT2D eigenvalue weighted by molar-refractivity contribution is 8.13. The Hall–Kier alpha value is -1.78. The van der Waals surface area contributed by atoms with Crippen molar-refractivity contribution in [2.24, 2.45) is 0 Å². The number of hydrogen-bond acceptors (Lipinski definition) is 3. The molecule has 0 amide bonds. The fourth-order valence-electron chi connectivity index (χ4n) is 3.80. The molecule has 0 aliphatic carbocycles. The molecule has 0 fully saturated rings. The van der Waals surface area contributed by atoms with Gasteiger partial charge in [-0.05, 0) is 49.7 Å². The van der Waals surface area contributed by atoms with Crippen LogP contribution in [0.25, 0.3) is 0 Å². The zero-order valence-electron chi connectivity index (χ0n) is 14.2. The van der Waals surface area contributed by atoms with Crippen LogP contribution in [0, 0.1) is 13.8 Å². The van der Waals surface area contributed by atoms with E-state index in [1.165, 1.54) is 10.7 Å². The van der Waals surface area contributed by atoms with Gasteiger partial charge in [-0.3, -0.25) is 0 Å². The Morgan fingerprint density at radius 2 is 1.92 bits per heavy atom. The average molecular weight is 339 g/mol. The molecule has 0 spiro atoms. The third kappa shape index (κ3) is 2.45. The van der Waals surface area contributed by atoms with Crippen molar-refractivity contribution < 1.29 is 9.68 Å². The van der Waals surface area contributed by atoms with Gasteiger partial charge in [-0.25, -0.2) is 9.48 Å². The van der Waals surface area contributed by atoms with E-state index < -0.39 is 5.72 Å². The summed E-state index contributed by atoms with van der Waals surface area (Å²) in [7, 11) is 0. The summed E-state index contributed by atoms with van der Waals surface area (Å²) in [4.78, 5) is 2.27. The smallest absolute Gasteiger partial charge is 0.316 e. The zero-order chi connectivity index (χ0) is 16.7. The fourth-order valence-corrected chi connectivity index (χ4v) is 4.98. The van der Waals surface area contributed by atoms with Crippen LogP contribution in [0.3, 0.4) is 0 Å². The minimum atomic E-state index is -0.962. The van der Waals surface area contributed by atoms with E-state index in [-0.39, 0.29) is 0 Å². The van der Waals surface area contributed by atoms with E-state index in [1.807, 2.05) is 17.8 Å². The maximum absolute atomic E-state index is 11.7. The van der Waals surface area contributed by atoms with Crippen molar-refractivity contribution in [2.45, 2.75) is 26.0 Å². The van der Waals surface area contributed by atoms with Gasteiger partial charge in [0.2, 0.25) is 0 Å². The van der Waals surface area contributed by atoms with Crippen molar-refractivity contribution in [3.8, 4) is 0 Å². The molecule has 0 radical (unpaired) electrons. The number of nitrogens with zero attached hydrogens (tertiary/aromatic N) is 2. The van der Waals surface area contributed by atoms with Gasteiger partial charge in [-0.1, -0.05) is 42.0 Å². The monoisotopic (exact) mass is 339 g/mol. The molecule has 1 N–H and O–H groups in total. The number of aryl methyl sites for hydroxylation is 2. The largest absolute Gasteiger partial charge is 0.346 e. The van der Waals surface area contributed by atoms with Gasteiger partial charge >= 0.3 is 5.17 Å². The Bertz CT molecular complexity index is 803. The molecule has 2 aromatic rings. The third-order valence-electron chi connectivity index (χ3n) is 4.93. The number of benzene rings is 2. The van der Waals surface area contributed by atoms with Crippen LogP contribution in [0.5, 0.6) is 0 Å². The van der Waals surface area contributed by atoms with Crippen molar-refractivity contribution in [3.63, 3.8) is 0 Å². The lowest BCUT2D eigenvalue weighted by atomic mass is 9.95. The summed E-state index contributed by atoms with van der Waals surface area (Å²) in [5.74, 6) is 1.11. The second-order valence-corrected chi connectivity index (χ2v) is 7.75. The van der Waals surface area contributed by atoms with Crippen LogP contribution in [0.15, 0.2) is 48.5 Å². The minimum Gasteiger partial charge on any atom is -0.346 e. The molecule has 0 bridgehead atoms. The average Bonchev–Trinajstić information content (AvgIpc) is 2.90. The maximum atomic E-state index is 11.7. The molecule has 2 aliphatic rings. The summed E-state index contributed by atoms with van der Waals surface area (Å²) in [5.41, 5.74) is 3.59. The summed E-state index contributed by atoms with van der Waals surface area (Å²) < 4.78 is 2.20. The summed E-state index contributed by atoms with van der Waals surface area (Å²) in [6.45, 7) is 5.67. The molecule has 2 aromatic carbocycles. The summed E-state index contributed by atoms with van der Waals surface area (Å²) >= 11 is 1.85. The third-order valence-corrected chi connectivity index (χ3v) is 6.12. The highest BCUT2D eigenvalue weighted by atomic mass is 32.2. The number of amidine groups is 1. The van der Waals surface area contributed by atoms with Crippen molar-refractivity contribution in [1.82, 2.24) is 0 Å². The second kappa shape index (κ2) is 5.94. The molecule has 3 nitrogen and oxygen atoms in total. The predicted octanol–water partition coefficient (Wildman–Crippen LogP) is 3.47. The standard InChI is InChI=1S/C20H23N2OS/c1-15-9-10-18(16(2)13-15)20(23)14-21(17-7-4-3-5-8-17)19-22(20)11-6-12-24-19/h3-5,7-10,13,23H,6,11-12,14H2,1-2H3/q+1. The van der Waals surface area contributed by atoms with Crippen LogP contribution in [0.4, 0.5) is 5.69 Å². The summed E-state index contributed by atoms with van der Waals surface area (Å²) in [5, 5.41) is 12.9. The number of hydrogen-bond donors (Lipinski definition) is 1. The van der Waals surface area contributed by atoms with Gasteiger partial charge in [0.05, 0.1) is 6.54 Å². The molecule has 0 saturated carbocycles. The van der Waals surface area contributed by atoms with E-state index in [9.17, 15) is 5.11 Å². The minimum absolute atomic E-state index is 0.573. The lowest BCUT2D eigenvalue weighted by molar-refractivity contribution is -0.656. The van der Waals surface area contributed by atoms with Crippen LogP contribution < -0.4 is 4.90 Å². The Labute approximate surface area is 147 Å². The molecule has 2 aliphatic heterocycles. The Kier molecular flexibility index (Phi) is 3.89. The van der Waals surface area contributed by atoms with E-state index in [0.717, 1.165) is 35.5 Å². The van der Waals surface area contributed by atoms with Gasteiger partial charge in [0, 0.05) is 11.3 Å². The van der Waals surface area contributed by atoms with Gasteiger partial charge in [-0.2, -0.15) is 0 Å². The van der Waals surface area contributed by atoms with Gasteiger partial charge in [0.25, 0.3) is 5.72 Å². The number of thioether (sulfide) groups is 1. The van der Waals surface area contributed by atoms with Crippen molar-refractivity contribution in [3.05, 3.63) is 65.2 Å². The van der Waals surface area contributed by atoms with Gasteiger partial charge in [0.1, 0.15) is 5.69 Å². The van der Waals surface area contributed by atoms with Gasteiger partial charge in [0.15, 0.2) is 6.54 Å². The molecular formula is C20H23N2OS+. The lowest BCUT2D eigenvalue weighted by Gasteiger charge is -2.26. The van der Waals surface area contributed by atoms with Crippen molar-refractivity contribution >= 4 is 22.6 Å². The Balaban J connectivity index is 1.83. The maximum Gasteiger partial charge on any atom is 0.316 e. The summed E-state index contributed by atoms with van der Waals surface area (Å²) in [6, 6.07) is 16.7. The van der Waals surface area contributed by atoms with E-state index in [2.05, 4.69) is 65.8 Å². The molecular weight excluding hydrogens is 316 g/mol. The van der Waals surface area contributed by atoms with Gasteiger partial charge in [-0.15, -0.1) is 0 Å². The molecule has 1 unspecified atom stereocenters. The van der Waals surface area contributed by atoms with E-state index in [0.29, 0.717) is 6.54 Å². The van der Waals surface area contributed by atoms with E-state index >= 15 is 0 Å². The number of para-hydroxylation sites is 1. The number of rotatable bonds is 2. The van der Waals surface area contributed by atoms with Crippen LogP contribution in [0.2, 0.25) is 0 Å². The highest BCUT2D eigenvalue weighted by Gasteiger charge is 2.53. The SMILES string of the molecule is Cc1ccc(C2(O)CN(c3ccccc3)C3=[N+]2CCCS3)c(C)c1. The fraction of sp³-hybridized carbons (Fsp3) is 0.350. The molecule has 0 saturated heterocycles. The quantitative estimate of drug-likeness (QED) is 0.849. The van der Waals surface area contributed by atoms with Crippen LogP contribution in [0.1, 0.15) is 23.1 Å². The summed E-state index contributed by atoms with van der Waals surface area (Å²) in [6.07, 6.45) is 1.10. The first-order valence-corrected chi connectivity index (χ1v) is 9.48. The first-order valence-electron chi connectivity index (χ1n) is 8.50. The van der Waals surface area contributed by atoms with E-state index in [4.69, 9.17) is 0 Å². The normalized spacial score (nSPS) is 23.5. The van der Waals surface area contributed by atoms with Crippen LogP contribution in [-0.4, -0.2) is 33.7 Å². The highest BCUT2D eigenvalue weighted by Crippen LogP contribution is 2.38. The van der Waals surface area contributed by atoms with Crippen molar-refractivity contribution in [1.29, 1.82) is 0 Å². The number of anilines is 1. The van der Waals surface area contributed by atoms with Crippen molar-refractivity contribution in [2.75, 3.05) is 23.7 Å². The lowest BCUT2D eigenvalue weighted by Crippen LogP contribution is -2.42. The molecule has 2 heterocycles. The molecule has 4 rings (SSSR count). The second-order valence-electron chi connectivity index (χ2n) is 6.69. The molecule has 1 atom stereocenters. The first kappa shape index (κ1) is 15.7. The van der Waals surface area contributed by atoms with Crippen LogP contribution in [-0.2, 0) is 5.72 Å². The van der Waals surface area contributed by atoms with Crippen LogP contribution >= 0.6 is 11.8 Å². The first-order chi connectivity index (χ1) is 11.6. The molecule has 4 heteroatoms. The van der Waals surface area contributed by atoms with Gasteiger partial charge < -0.3 is 5.11 Å².